The van der Waals surface area contributed by atoms with Crippen molar-refractivity contribution in [3.63, 3.8) is 0 Å². The van der Waals surface area contributed by atoms with E-state index in [2.05, 4.69) is 184 Å². The van der Waals surface area contributed by atoms with Crippen molar-refractivity contribution in [2.75, 3.05) is 27.6 Å². The van der Waals surface area contributed by atoms with E-state index in [-0.39, 0.29) is 92.0 Å². The molecule has 4 aliphatic carbocycles. The van der Waals surface area contributed by atoms with Crippen molar-refractivity contribution in [3.05, 3.63) is 181 Å². The zero-order valence-electron chi connectivity index (χ0n) is 48.8. The number of carbonyl (C=O) groups is 6. The maximum atomic E-state index is 12.2. The number of aryl methyl sites for hydroxylation is 2. The standard InChI is InChI=1S/2C19H17S.2C12H13FO6.BrH.2FHO3S.Na/c2*1-16-12-14-19(15-13-16)20(17-8-4-2-5-9-17)18-10-6-3-7-11-18;2*1-17-11(15)7-4-2-5-8(7)12(16)19-10(5)9(4)18-6(14)3-13;;2*1-5(2,3)4;/h2*2-15H,1H3;2*4-5,7-10H,2-3H2,1H3;1H;2*(H,2,3,4);/q2*+1;;;;;;+1/p-3. The van der Waals surface area contributed by atoms with Crippen molar-refractivity contribution < 1.29 is 146 Å². The van der Waals surface area contributed by atoms with Crippen LogP contribution in [-0.2, 0) is 100.0 Å². The van der Waals surface area contributed by atoms with Gasteiger partial charge >= 0.3 is 65.4 Å². The van der Waals surface area contributed by atoms with Crippen LogP contribution in [0.15, 0.2) is 199 Å². The first kappa shape index (κ1) is 74.6. The van der Waals surface area contributed by atoms with Gasteiger partial charge in [0.2, 0.25) is 0 Å². The molecular weight excluding hydrogens is 1340 g/mol. The van der Waals surface area contributed by atoms with Crippen molar-refractivity contribution in [3.8, 4) is 0 Å². The molecule has 6 aromatic carbocycles. The Morgan fingerprint density at radius 1 is 0.478 bits per heavy atom. The smallest absolute Gasteiger partial charge is 1.00 e. The van der Waals surface area contributed by atoms with Crippen LogP contribution >= 0.6 is 0 Å². The number of methoxy groups -OCH3 is 2. The molecule has 2 aliphatic heterocycles. The van der Waals surface area contributed by atoms with Gasteiger partial charge in [-0.05, 0) is 99.5 Å². The molecule has 2 heterocycles. The number of hydrogen-bond acceptors (Lipinski definition) is 18. The van der Waals surface area contributed by atoms with Gasteiger partial charge in [0.15, 0.2) is 42.7 Å². The van der Waals surface area contributed by atoms with Gasteiger partial charge in [-0.3, -0.25) is 19.2 Å². The summed E-state index contributed by atoms with van der Waals surface area (Å²) in [7, 11) is -8.39. The predicted molar refractivity (Wildman–Crippen MR) is 307 cm³/mol. The third-order valence-corrected chi connectivity index (χ3v) is 19.7. The van der Waals surface area contributed by atoms with Gasteiger partial charge in [-0.15, -0.1) is 7.77 Å². The number of esters is 6. The number of benzene rings is 6. The van der Waals surface area contributed by atoms with Gasteiger partial charge in [-0.1, -0.05) is 108 Å². The summed E-state index contributed by atoms with van der Waals surface area (Å²) in [5.74, 6) is -7.17. The monoisotopic (exact) mass is 1400 g/mol. The maximum Gasteiger partial charge on any atom is 1.00 e. The molecule has 4 saturated carbocycles. The number of fused-ring (bicyclic) bond motifs is 2. The quantitative estimate of drug-likeness (QED) is 0.0324. The fourth-order valence-electron chi connectivity index (χ4n) is 12.0. The minimum absolute atomic E-state index is 0. The molecule has 2 saturated heterocycles. The first-order valence-corrected chi connectivity index (χ1v) is 32.1. The van der Waals surface area contributed by atoms with E-state index < -0.39 is 118 Å². The summed E-state index contributed by atoms with van der Waals surface area (Å²) in [4.78, 5) is 77.5. The SMILES string of the molecule is COC(=O)C1C2CC3C(OC(=O)C31)C2OC(=O)CF.COC(=O)C1C2CC3C(OC(=O)C31)C2OC(=O)CF.Cc1ccc([S+](c2ccccc2)c2ccccc2)cc1.Cc1ccc([S+](c2ccccc2)c2ccccc2)cc1.O=S(=O)([O-])F.O=S(=O)([O-])F.[Br-].[Na+]. The van der Waals surface area contributed by atoms with Gasteiger partial charge in [0, 0.05) is 23.7 Å². The van der Waals surface area contributed by atoms with Crippen molar-refractivity contribution in [2.24, 2.45) is 47.3 Å². The van der Waals surface area contributed by atoms with Crippen LogP contribution in [0.1, 0.15) is 24.0 Å². The summed E-state index contributed by atoms with van der Waals surface area (Å²) in [6, 6.07) is 60.8. The van der Waals surface area contributed by atoms with Crippen molar-refractivity contribution in [2.45, 2.75) is 80.5 Å². The van der Waals surface area contributed by atoms with Gasteiger partial charge in [-0.2, -0.15) is 0 Å². The predicted octanol–water partition coefficient (Wildman–Crippen LogP) is 2.72. The first-order chi connectivity index (χ1) is 41.8. The largest absolute Gasteiger partial charge is 1.00 e. The molecule has 90 heavy (non-hydrogen) atoms. The van der Waals surface area contributed by atoms with Gasteiger partial charge in [0.1, 0.15) is 24.4 Å². The summed E-state index contributed by atoms with van der Waals surface area (Å²) in [5.41, 5.74) is 2.61. The number of ether oxygens (including phenoxy) is 6. The molecule has 0 radical (unpaired) electrons. The van der Waals surface area contributed by atoms with E-state index in [9.17, 15) is 45.3 Å². The molecule has 0 amide bonds. The Morgan fingerprint density at radius 3 is 0.956 bits per heavy atom. The average Bonchev–Trinajstić information content (AvgIpc) is 1.56. The second-order valence-corrected chi connectivity index (χ2v) is 26.2. The summed E-state index contributed by atoms with van der Waals surface area (Å²) in [6.07, 6.45) is -1.44. The topological polar surface area (TPSA) is 272 Å². The molecule has 0 N–H and O–H groups in total. The van der Waals surface area contributed by atoms with E-state index in [1.807, 2.05) is 0 Å². The summed E-state index contributed by atoms with van der Waals surface area (Å²) in [5, 5.41) is 0. The number of rotatable bonds is 12. The van der Waals surface area contributed by atoms with E-state index in [4.69, 9.17) is 54.4 Å². The molecule has 476 valence electrons. The van der Waals surface area contributed by atoms with Crippen LogP contribution in [0.5, 0.6) is 0 Å². The zero-order chi connectivity index (χ0) is 64.0. The third kappa shape index (κ3) is 19.5. The van der Waals surface area contributed by atoms with Crippen LogP contribution < -0.4 is 46.5 Å². The van der Waals surface area contributed by atoms with Crippen molar-refractivity contribution in [1.82, 2.24) is 0 Å². The van der Waals surface area contributed by atoms with Crippen molar-refractivity contribution in [1.29, 1.82) is 0 Å². The number of carbonyl (C=O) groups excluding carboxylic acids is 6. The second kappa shape index (κ2) is 34.0. The Kier molecular flexibility index (Phi) is 28.1. The Morgan fingerprint density at radius 2 is 0.722 bits per heavy atom. The minimum Gasteiger partial charge on any atom is -1.00 e. The fourth-order valence-corrected chi connectivity index (χ4v) is 16.1. The molecule has 28 heteroatoms. The number of halogens is 5. The fraction of sp³-hybridized carbons (Fsp3) is 0.323. The zero-order valence-corrected chi connectivity index (χ0v) is 55.6. The summed E-state index contributed by atoms with van der Waals surface area (Å²) < 4.78 is 125. The van der Waals surface area contributed by atoms with Crippen LogP contribution in [0.25, 0.3) is 0 Å². The average molecular weight is 1400 g/mol. The maximum absolute atomic E-state index is 12.2. The molecule has 0 aromatic heterocycles. The summed E-state index contributed by atoms with van der Waals surface area (Å²) >= 11 is 0. The van der Waals surface area contributed by atoms with Gasteiger partial charge < -0.3 is 54.5 Å². The molecule has 12 rings (SSSR count). The Balaban J connectivity index is 0.000000206. The van der Waals surface area contributed by atoms with Gasteiger partial charge in [0.05, 0.1) is 59.7 Å². The molecule has 6 aromatic rings. The molecule has 12 atom stereocenters. The van der Waals surface area contributed by atoms with Gasteiger partial charge in [0.25, 0.3) is 21.0 Å². The number of alkyl halides is 2. The molecule has 0 spiro atoms. The van der Waals surface area contributed by atoms with Crippen LogP contribution in [-0.4, -0.2) is 114 Å². The van der Waals surface area contributed by atoms with E-state index in [1.54, 1.807) is 0 Å². The second-order valence-electron chi connectivity index (χ2n) is 20.5. The van der Waals surface area contributed by atoms with Gasteiger partial charge in [-0.25, -0.2) is 35.2 Å². The molecule has 4 bridgehead atoms. The molecule has 6 fully saturated rings. The molecule has 18 nitrogen and oxygen atoms in total. The van der Waals surface area contributed by atoms with Crippen LogP contribution in [0.3, 0.4) is 0 Å². The van der Waals surface area contributed by atoms with Crippen LogP contribution in [0.2, 0.25) is 0 Å². The Hall–Kier alpha value is -6.14. The normalized spacial score (nSPS) is 23.8. The minimum atomic E-state index is -5.42. The van der Waals surface area contributed by atoms with Crippen molar-refractivity contribution >= 4 is 78.6 Å². The first-order valence-electron chi connectivity index (χ1n) is 27.1. The van der Waals surface area contributed by atoms with E-state index >= 15 is 0 Å². The van der Waals surface area contributed by atoms with E-state index in [0.29, 0.717) is 12.8 Å². The Labute approximate surface area is 556 Å². The molecular formula is C62H60BrF4NaO18S4. The van der Waals surface area contributed by atoms with Crippen LogP contribution in [0.4, 0.5) is 16.6 Å². The van der Waals surface area contributed by atoms with Crippen LogP contribution in [0, 0.1) is 61.2 Å². The molecule has 12 unspecified atom stereocenters. The summed E-state index contributed by atoms with van der Waals surface area (Å²) in [6.45, 7) is 1.79. The number of hydrogen-bond donors (Lipinski definition) is 0. The van der Waals surface area contributed by atoms with E-state index in [0.717, 1.165) is 0 Å². The van der Waals surface area contributed by atoms with E-state index in [1.165, 1.54) is 54.7 Å². The third-order valence-electron chi connectivity index (χ3n) is 15.2. The Bertz CT molecular complexity index is 3270. The molecule has 6 aliphatic rings.